The molecule has 0 radical (unpaired) electrons. The van der Waals surface area contributed by atoms with Gasteiger partial charge in [0.2, 0.25) is 5.95 Å². The molecule has 2 aromatic rings. The van der Waals surface area contributed by atoms with Crippen LogP contribution in [0.2, 0.25) is 0 Å². The van der Waals surface area contributed by atoms with Gasteiger partial charge in [-0.1, -0.05) is 0 Å². The number of aromatic nitrogens is 2. The topological polar surface area (TPSA) is 58.6 Å². The van der Waals surface area contributed by atoms with E-state index in [-0.39, 0.29) is 5.91 Å². The molecule has 0 spiro atoms. The van der Waals surface area contributed by atoms with Crippen molar-refractivity contribution >= 4 is 23.2 Å². The van der Waals surface area contributed by atoms with E-state index in [9.17, 15) is 4.79 Å². The summed E-state index contributed by atoms with van der Waals surface area (Å²) >= 11 is 1.63. The predicted octanol–water partition coefficient (Wildman–Crippen LogP) is 2.39. The molecule has 0 N–H and O–H groups in total. The van der Waals surface area contributed by atoms with E-state index in [0.717, 1.165) is 42.5 Å². The lowest BCUT2D eigenvalue weighted by molar-refractivity contribution is 0.0748. The Morgan fingerprint density at radius 2 is 1.84 bits per heavy atom. The number of nitrogens with zero attached hydrogens (tertiary/aromatic N) is 4. The quantitative estimate of drug-likeness (QED) is 0.843. The molecule has 0 aromatic carbocycles. The molecule has 2 aromatic heterocycles. The number of ether oxygens (including phenoxy) is 1. The number of methoxy groups -OCH3 is 1. The van der Waals surface area contributed by atoms with Gasteiger partial charge in [0.25, 0.3) is 5.91 Å². The van der Waals surface area contributed by atoms with Crippen LogP contribution in [0, 0.1) is 0 Å². The highest BCUT2D eigenvalue weighted by atomic mass is 32.1. The molecule has 0 bridgehead atoms. The van der Waals surface area contributed by atoms with E-state index in [0.29, 0.717) is 13.1 Å². The molecule has 6 nitrogen and oxygen atoms in total. The summed E-state index contributed by atoms with van der Waals surface area (Å²) in [6.45, 7) is 2.87. The number of anilines is 1. The predicted molar refractivity (Wildman–Crippen MR) is 97.7 cm³/mol. The number of piperazine rings is 1. The summed E-state index contributed by atoms with van der Waals surface area (Å²) < 4.78 is 5.62. The van der Waals surface area contributed by atoms with Crippen LogP contribution in [0.25, 0.3) is 0 Å². The molecule has 132 valence electrons. The maximum atomic E-state index is 13.0. The summed E-state index contributed by atoms with van der Waals surface area (Å²) in [7, 11) is 1.68. The first-order valence-corrected chi connectivity index (χ1v) is 9.59. The third-order valence-electron chi connectivity index (χ3n) is 4.92. The van der Waals surface area contributed by atoms with Gasteiger partial charge < -0.3 is 14.5 Å². The van der Waals surface area contributed by atoms with Gasteiger partial charge in [0.05, 0.1) is 7.11 Å². The summed E-state index contributed by atoms with van der Waals surface area (Å²) in [5.41, 5.74) is 1.26. The summed E-state index contributed by atoms with van der Waals surface area (Å²) in [4.78, 5) is 27.8. The zero-order valence-electron chi connectivity index (χ0n) is 14.4. The maximum absolute atomic E-state index is 13.0. The van der Waals surface area contributed by atoms with Crippen LogP contribution < -0.4 is 9.64 Å². The third-order valence-corrected chi connectivity index (χ3v) is 6.18. The molecule has 1 aliphatic carbocycles. The summed E-state index contributed by atoms with van der Waals surface area (Å²) in [5.74, 6) is 1.65. The molecule has 0 saturated carbocycles. The fourth-order valence-corrected chi connectivity index (χ4v) is 4.93. The largest absolute Gasteiger partial charge is 0.495 e. The Labute approximate surface area is 151 Å². The van der Waals surface area contributed by atoms with Crippen LogP contribution >= 0.6 is 11.3 Å². The Bertz CT molecular complexity index is 754. The second kappa shape index (κ2) is 7.00. The van der Waals surface area contributed by atoms with Gasteiger partial charge in [0.15, 0.2) is 0 Å². The van der Waals surface area contributed by atoms with Crippen molar-refractivity contribution in [2.45, 2.75) is 25.7 Å². The average Bonchev–Trinajstić information content (AvgIpc) is 3.07. The van der Waals surface area contributed by atoms with Crippen molar-refractivity contribution in [3.63, 3.8) is 0 Å². The van der Waals surface area contributed by atoms with Crippen molar-refractivity contribution in [2.75, 3.05) is 38.2 Å². The molecular formula is C18H22N4O2S. The van der Waals surface area contributed by atoms with Gasteiger partial charge in [-0.2, -0.15) is 0 Å². The van der Waals surface area contributed by atoms with Gasteiger partial charge in [-0.3, -0.25) is 4.79 Å². The highest BCUT2D eigenvalue weighted by molar-refractivity contribution is 7.14. The molecule has 25 heavy (non-hydrogen) atoms. The molecule has 1 amide bonds. The second-order valence-electron chi connectivity index (χ2n) is 6.40. The number of hydrogen-bond acceptors (Lipinski definition) is 6. The summed E-state index contributed by atoms with van der Waals surface area (Å²) in [6, 6.07) is 1.81. The van der Waals surface area contributed by atoms with E-state index >= 15 is 0 Å². The molecule has 7 heteroatoms. The number of rotatable bonds is 3. The van der Waals surface area contributed by atoms with Crippen molar-refractivity contribution in [1.29, 1.82) is 0 Å². The van der Waals surface area contributed by atoms with Crippen molar-refractivity contribution in [1.82, 2.24) is 14.9 Å². The Kier molecular flexibility index (Phi) is 4.57. The van der Waals surface area contributed by atoms with E-state index in [4.69, 9.17) is 4.74 Å². The van der Waals surface area contributed by atoms with Crippen molar-refractivity contribution < 1.29 is 9.53 Å². The zero-order valence-corrected chi connectivity index (χ0v) is 15.2. The highest BCUT2D eigenvalue weighted by Gasteiger charge is 2.30. The van der Waals surface area contributed by atoms with E-state index < -0.39 is 0 Å². The number of thiophene rings is 1. The number of fused-ring (bicyclic) bond motifs is 1. The number of aryl methyl sites for hydroxylation is 1. The van der Waals surface area contributed by atoms with Crippen molar-refractivity contribution in [2.24, 2.45) is 0 Å². The SMILES string of the molecule is COc1c(C(=O)N2CCN(c3ncccn3)CC2)sc2c1CCCC2. The Morgan fingerprint density at radius 3 is 2.56 bits per heavy atom. The second-order valence-corrected chi connectivity index (χ2v) is 7.51. The standard InChI is InChI=1S/C18H22N4O2S/c1-24-15-13-5-2-3-6-14(13)25-16(15)17(23)21-9-11-22(12-10-21)18-19-7-4-8-20-18/h4,7-8H,2-3,5-6,9-12H2,1H3. The van der Waals surface area contributed by atoms with Crippen LogP contribution in [0.3, 0.4) is 0 Å². The molecule has 2 aliphatic rings. The minimum absolute atomic E-state index is 0.102. The van der Waals surface area contributed by atoms with Crippen LogP contribution in [0.1, 0.15) is 33.0 Å². The normalized spacial score (nSPS) is 17.3. The number of hydrogen-bond donors (Lipinski definition) is 0. The van der Waals surface area contributed by atoms with E-state index in [1.165, 1.54) is 23.3 Å². The van der Waals surface area contributed by atoms with Gasteiger partial charge >= 0.3 is 0 Å². The van der Waals surface area contributed by atoms with Gasteiger partial charge in [-0.25, -0.2) is 9.97 Å². The molecule has 3 heterocycles. The smallest absolute Gasteiger partial charge is 0.267 e. The highest BCUT2D eigenvalue weighted by Crippen LogP contribution is 2.40. The van der Waals surface area contributed by atoms with Gasteiger partial charge in [-0.15, -0.1) is 11.3 Å². The first-order chi connectivity index (χ1) is 12.3. The minimum atomic E-state index is 0.102. The average molecular weight is 358 g/mol. The molecule has 4 rings (SSSR count). The molecule has 0 unspecified atom stereocenters. The van der Waals surface area contributed by atoms with Crippen molar-refractivity contribution in [3.05, 3.63) is 33.8 Å². The minimum Gasteiger partial charge on any atom is -0.495 e. The van der Waals surface area contributed by atoms with Crippen LogP contribution in [0.5, 0.6) is 5.75 Å². The number of carbonyl (C=O) groups excluding carboxylic acids is 1. The van der Waals surface area contributed by atoms with Gasteiger partial charge in [-0.05, 0) is 31.7 Å². The van der Waals surface area contributed by atoms with Crippen LogP contribution in [0.4, 0.5) is 5.95 Å². The molecule has 1 saturated heterocycles. The Hall–Kier alpha value is -2.15. The van der Waals surface area contributed by atoms with Gasteiger partial charge in [0.1, 0.15) is 10.6 Å². The fourth-order valence-electron chi connectivity index (χ4n) is 3.60. The summed E-state index contributed by atoms with van der Waals surface area (Å²) in [5, 5.41) is 0. The first-order valence-electron chi connectivity index (χ1n) is 8.77. The zero-order chi connectivity index (χ0) is 17.2. The van der Waals surface area contributed by atoms with Crippen molar-refractivity contribution in [3.8, 4) is 5.75 Å². The van der Waals surface area contributed by atoms with Crippen LogP contribution in [-0.4, -0.2) is 54.1 Å². The fraction of sp³-hybridized carbons (Fsp3) is 0.500. The number of carbonyl (C=O) groups is 1. The maximum Gasteiger partial charge on any atom is 0.267 e. The Balaban J connectivity index is 1.48. The van der Waals surface area contributed by atoms with Crippen LogP contribution in [0.15, 0.2) is 18.5 Å². The summed E-state index contributed by atoms with van der Waals surface area (Å²) in [6.07, 6.45) is 8.00. The molecule has 1 fully saturated rings. The van der Waals surface area contributed by atoms with Crippen LogP contribution in [-0.2, 0) is 12.8 Å². The third kappa shape index (κ3) is 3.08. The number of amides is 1. The lowest BCUT2D eigenvalue weighted by atomic mass is 9.98. The molecular weight excluding hydrogens is 336 g/mol. The first kappa shape index (κ1) is 16.3. The molecule has 1 aliphatic heterocycles. The Morgan fingerprint density at radius 1 is 1.12 bits per heavy atom. The van der Waals surface area contributed by atoms with E-state index in [2.05, 4.69) is 14.9 Å². The lowest BCUT2D eigenvalue weighted by Crippen LogP contribution is -2.49. The van der Waals surface area contributed by atoms with E-state index in [1.54, 1.807) is 30.8 Å². The molecule has 0 atom stereocenters. The lowest BCUT2D eigenvalue weighted by Gasteiger charge is -2.34. The van der Waals surface area contributed by atoms with Gasteiger partial charge in [0, 0.05) is 49.0 Å². The van der Waals surface area contributed by atoms with E-state index in [1.807, 2.05) is 11.0 Å². The monoisotopic (exact) mass is 358 g/mol.